The van der Waals surface area contributed by atoms with Gasteiger partial charge < -0.3 is 9.80 Å². The molecule has 24 heavy (non-hydrogen) atoms. The molecule has 0 spiro atoms. The van der Waals surface area contributed by atoms with Crippen molar-refractivity contribution in [2.75, 3.05) is 31.1 Å². The molecular weight excluding hydrogens is 298 g/mol. The molecule has 2 aliphatic rings. The van der Waals surface area contributed by atoms with Gasteiger partial charge in [0.05, 0.1) is 11.9 Å². The number of pyridine rings is 1. The van der Waals surface area contributed by atoms with Crippen molar-refractivity contribution in [1.29, 1.82) is 0 Å². The van der Waals surface area contributed by atoms with Crippen LogP contribution in [0.1, 0.15) is 62.9 Å². The Bertz CT molecular complexity index is 526. The summed E-state index contributed by atoms with van der Waals surface area (Å²) >= 11 is 0. The van der Waals surface area contributed by atoms with E-state index in [4.69, 9.17) is 0 Å². The van der Waals surface area contributed by atoms with Gasteiger partial charge in [0.1, 0.15) is 5.69 Å². The van der Waals surface area contributed by atoms with Gasteiger partial charge in [-0.25, -0.2) is 0 Å². The van der Waals surface area contributed by atoms with Crippen LogP contribution in [0.5, 0.6) is 0 Å². The molecule has 0 unspecified atom stereocenters. The molecule has 0 saturated carbocycles. The summed E-state index contributed by atoms with van der Waals surface area (Å²) in [6.45, 7) is 8.98. The molecule has 0 radical (unpaired) electrons. The van der Waals surface area contributed by atoms with E-state index in [-0.39, 0.29) is 5.78 Å². The summed E-state index contributed by atoms with van der Waals surface area (Å²) in [7, 11) is 0. The van der Waals surface area contributed by atoms with Gasteiger partial charge in [0.25, 0.3) is 0 Å². The van der Waals surface area contributed by atoms with Crippen molar-refractivity contribution in [3.05, 3.63) is 24.0 Å². The Kier molecular flexibility index (Phi) is 5.88. The van der Waals surface area contributed by atoms with Crippen LogP contribution in [-0.2, 0) is 0 Å². The van der Waals surface area contributed by atoms with Crippen molar-refractivity contribution in [2.24, 2.45) is 5.92 Å². The van der Waals surface area contributed by atoms with Gasteiger partial charge in [-0.2, -0.15) is 0 Å². The maximum absolute atomic E-state index is 11.7. The lowest BCUT2D eigenvalue weighted by molar-refractivity contribution is 0.0983. The molecule has 3 rings (SSSR count). The van der Waals surface area contributed by atoms with E-state index < -0.39 is 0 Å². The fourth-order valence-corrected chi connectivity index (χ4v) is 4.13. The Labute approximate surface area is 146 Å². The molecule has 1 aromatic rings. The smallest absolute Gasteiger partial charge is 0.180 e. The number of rotatable bonds is 5. The third-order valence-electron chi connectivity index (χ3n) is 5.93. The molecule has 2 fully saturated rings. The van der Waals surface area contributed by atoms with E-state index in [0.717, 1.165) is 30.7 Å². The highest BCUT2D eigenvalue weighted by Crippen LogP contribution is 2.27. The number of hydrogen-bond acceptors (Lipinski definition) is 4. The van der Waals surface area contributed by atoms with E-state index in [1.165, 1.54) is 45.2 Å². The SMILES string of the molecule is CCC(=O)c1ccc(N2CCC(N3CCC(CC)CC3)CC2)cn1. The lowest BCUT2D eigenvalue weighted by Crippen LogP contribution is -2.47. The van der Waals surface area contributed by atoms with Gasteiger partial charge in [-0.05, 0) is 56.8 Å². The first-order valence-electron chi connectivity index (χ1n) is 9.69. The first-order chi connectivity index (χ1) is 11.7. The quantitative estimate of drug-likeness (QED) is 0.771. The van der Waals surface area contributed by atoms with Crippen molar-refractivity contribution in [2.45, 2.75) is 58.4 Å². The minimum Gasteiger partial charge on any atom is -0.370 e. The zero-order chi connectivity index (χ0) is 16.9. The fraction of sp³-hybridized carbons (Fsp3) is 0.700. The predicted octanol–water partition coefficient (Wildman–Crippen LogP) is 3.77. The lowest BCUT2D eigenvalue weighted by Gasteiger charge is -2.42. The molecule has 3 heterocycles. The van der Waals surface area contributed by atoms with Gasteiger partial charge in [0, 0.05) is 25.6 Å². The average Bonchev–Trinajstić information content (AvgIpc) is 2.68. The zero-order valence-electron chi connectivity index (χ0n) is 15.2. The second-order valence-electron chi connectivity index (χ2n) is 7.28. The van der Waals surface area contributed by atoms with Gasteiger partial charge >= 0.3 is 0 Å². The van der Waals surface area contributed by atoms with Gasteiger partial charge in [-0.3, -0.25) is 9.78 Å². The Morgan fingerprint density at radius 1 is 1.08 bits per heavy atom. The number of ketones is 1. The maximum atomic E-state index is 11.7. The molecule has 0 aromatic carbocycles. The van der Waals surface area contributed by atoms with E-state index in [1.54, 1.807) is 0 Å². The third-order valence-corrected chi connectivity index (χ3v) is 5.93. The molecule has 2 aliphatic heterocycles. The van der Waals surface area contributed by atoms with Crippen LogP contribution in [0.25, 0.3) is 0 Å². The van der Waals surface area contributed by atoms with Gasteiger partial charge in [-0.1, -0.05) is 20.3 Å². The zero-order valence-corrected chi connectivity index (χ0v) is 15.2. The standard InChI is InChI=1S/C20H31N3O/c1-3-16-7-11-22(12-8-16)17-9-13-23(14-10-17)18-5-6-19(21-15-18)20(24)4-2/h5-6,15-17H,3-4,7-14H2,1-2H3. The van der Waals surface area contributed by atoms with Gasteiger partial charge in [-0.15, -0.1) is 0 Å². The van der Waals surface area contributed by atoms with E-state index >= 15 is 0 Å². The Morgan fingerprint density at radius 3 is 2.33 bits per heavy atom. The van der Waals surface area contributed by atoms with Gasteiger partial charge in [0.2, 0.25) is 0 Å². The van der Waals surface area contributed by atoms with Crippen LogP contribution in [0.3, 0.4) is 0 Å². The molecule has 0 N–H and O–H groups in total. The van der Waals surface area contributed by atoms with Crippen molar-refractivity contribution >= 4 is 11.5 Å². The Morgan fingerprint density at radius 2 is 1.79 bits per heavy atom. The summed E-state index contributed by atoms with van der Waals surface area (Å²) in [5.74, 6) is 1.08. The monoisotopic (exact) mass is 329 g/mol. The van der Waals surface area contributed by atoms with Crippen LogP contribution >= 0.6 is 0 Å². The highest BCUT2D eigenvalue weighted by Gasteiger charge is 2.27. The highest BCUT2D eigenvalue weighted by molar-refractivity contribution is 5.94. The number of piperidine rings is 2. The van der Waals surface area contributed by atoms with Crippen LogP contribution in [0.15, 0.2) is 18.3 Å². The number of hydrogen-bond donors (Lipinski definition) is 0. The van der Waals surface area contributed by atoms with E-state index in [0.29, 0.717) is 12.1 Å². The second-order valence-corrected chi connectivity index (χ2v) is 7.28. The topological polar surface area (TPSA) is 36.4 Å². The number of nitrogens with zero attached hydrogens (tertiary/aromatic N) is 3. The van der Waals surface area contributed by atoms with Crippen molar-refractivity contribution in [3.63, 3.8) is 0 Å². The molecular formula is C20H31N3O. The molecule has 132 valence electrons. The molecule has 0 aliphatic carbocycles. The maximum Gasteiger partial charge on any atom is 0.180 e. The Balaban J connectivity index is 1.51. The number of Topliss-reactive ketones (excluding diaryl/α,β-unsaturated/α-hetero) is 1. The molecule has 0 atom stereocenters. The summed E-state index contributed by atoms with van der Waals surface area (Å²) in [5, 5.41) is 0. The number of carbonyl (C=O) groups is 1. The normalized spacial score (nSPS) is 21.2. The van der Waals surface area contributed by atoms with Gasteiger partial charge in [0.15, 0.2) is 5.78 Å². The van der Waals surface area contributed by atoms with Crippen LogP contribution in [0.4, 0.5) is 5.69 Å². The fourth-order valence-electron chi connectivity index (χ4n) is 4.13. The molecule has 4 heteroatoms. The summed E-state index contributed by atoms with van der Waals surface area (Å²) in [5.41, 5.74) is 1.75. The van der Waals surface area contributed by atoms with Crippen molar-refractivity contribution < 1.29 is 4.79 Å². The number of anilines is 1. The number of aromatic nitrogens is 1. The first-order valence-corrected chi connectivity index (χ1v) is 9.69. The summed E-state index contributed by atoms with van der Waals surface area (Å²) < 4.78 is 0. The number of carbonyl (C=O) groups excluding carboxylic acids is 1. The molecule has 0 bridgehead atoms. The molecule has 1 aromatic heterocycles. The largest absolute Gasteiger partial charge is 0.370 e. The van der Waals surface area contributed by atoms with Crippen LogP contribution in [0.2, 0.25) is 0 Å². The minimum atomic E-state index is 0.121. The predicted molar refractivity (Wildman–Crippen MR) is 98.7 cm³/mol. The molecule has 2 saturated heterocycles. The summed E-state index contributed by atoms with van der Waals surface area (Å²) in [6, 6.07) is 4.69. The summed E-state index contributed by atoms with van der Waals surface area (Å²) in [4.78, 5) is 21.2. The van der Waals surface area contributed by atoms with E-state index in [2.05, 4.69) is 27.8 Å². The van der Waals surface area contributed by atoms with Crippen molar-refractivity contribution in [3.8, 4) is 0 Å². The van der Waals surface area contributed by atoms with Crippen LogP contribution in [0, 0.1) is 5.92 Å². The average molecular weight is 329 g/mol. The highest BCUT2D eigenvalue weighted by atomic mass is 16.1. The summed E-state index contributed by atoms with van der Waals surface area (Å²) in [6.07, 6.45) is 8.98. The van der Waals surface area contributed by atoms with E-state index in [9.17, 15) is 4.79 Å². The second kappa shape index (κ2) is 8.11. The minimum absolute atomic E-state index is 0.121. The molecule has 4 nitrogen and oxygen atoms in total. The first kappa shape index (κ1) is 17.4. The van der Waals surface area contributed by atoms with Crippen molar-refractivity contribution in [1.82, 2.24) is 9.88 Å². The Hall–Kier alpha value is -1.42. The number of likely N-dealkylation sites (tertiary alicyclic amines) is 1. The van der Waals surface area contributed by atoms with E-state index in [1.807, 2.05) is 19.2 Å². The molecule has 0 amide bonds. The van der Waals surface area contributed by atoms with Crippen LogP contribution < -0.4 is 4.90 Å². The third kappa shape index (κ3) is 3.97. The van der Waals surface area contributed by atoms with Crippen LogP contribution in [-0.4, -0.2) is 47.9 Å². The lowest BCUT2D eigenvalue weighted by atomic mass is 9.92.